The number of rotatable bonds is 6. The molecule has 0 unspecified atom stereocenters. The molecule has 0 heterocycles. The Morgan fingerprint density at radius 2 is 1.23 bits per heavy atom. The normalized spacial score (nSPS) is 11.1. The molecule has 13 heavy (non-hydrogen) atoms. The molecule has 0 aromatic rings. The first-order valence-corrected chi connectivity index (χ1v) is 5.56. The van der Waals surface area contributed by atoms with Crippen molar-refractivity contribution in [1.29, 1.82) is 0 Å². The molecule has 0 nitrogen and oxygen atoms in total. The molecule has 0 spiro atoms. The summed E-state index contributed by atoms with van der Waals surface area (Å²) in [6, 6.07) is 0. The zero-order valence-electron chi connectivity index (χ0n) is 9.45. The SMILES string of the molecule is C.CCCCCCCCC(C)(C)C. The van der Waals surface area contributed by atoms with E-state index in [1.807, 2.05) is 0 Å². The topological polar surface area (TPSA) is 0 Å². The highest BCUT2D eigenvalue weighted by atomic mass is 14.1. The highest BCUT2D eigenvalue weighted by molar-refractivity contribution is 4.60. The van der Waals surface area contributed by atoms with Gasteiger partial charge >= 0.3 is 0 Å². The second kappa shape index (κ2) is 8.59. The van der Waals surface area contributed by atoms with Crippen molar-refractivity contribution in [2.45, 2.75) is 80.1 Å². The van der Waals surface area contributed by atoms with Crippen LogP contribution in [0.3, 0.4) is 0 Å². The van der Waals surface area contributed by atoms with Crippen LogP contribution in [0.25, 0.3) is 0 Å². The Hall–Kier alpha value is 0. The van der Waals surface area contributed by atoms with E-state index in [0.29, 0.717) is 5.41 Å². The van der Waals surface area contributed by atoms with Crippen molar-refractivity contribution in [2.75, 3.05) is 0 Å². The summed E-state index contributed by atoms with van der Waals surface area (Å²) in [7, 11) is 0. The van der Waals surface area contributed by atoms with Gasteiger partial charge in [-0.3, -0.25) is 0 Å². The fraction of sp³-hybridized carbons (Fsp3) is 1.00. The van der Waals surface area contributed by atoms with E-state index in [0.717, 1.165) is 0 Å². The first kappa shape index (κ1) is 15.5. The quantitative estimate of drug-likeness (QED) is 0.486. The highest BCUT2D eigenvalue weighted by Crippen LogP contribution is 2.22. The van der Waals surface area contributed by atoms with Crippen molar-refractivity contribution in [3.63, 3.8) is 0 Å². The Labute approximate surface area is 86.1 Å². The van der Waals surface area contributed by atoms with Gasteiger partial charge in [0.2, 0.25) is 0 Å². The van der Waals surface area contributed by atoms with E-state index in [9.17, 15) is 0 Å². The standard InChI is InChI=1S/C12H26.CH4/c1-5-6-7-8-9-10-11-12(2,3)4;/h5-11H2,1-4H3;1H4. The van der Waals surface area contributed by atoms with Gasteiger partial charge in [-0.15, -0.1) is 0 Å². The average Bonchev–Trinajstić information content (AvgIpc) is 1.94. The van der Waals surface area contributed by atoms with Crippen LogP contribution in [0.2, 0.25) is 0 Å². The van der Waals surface area contributed by atoms with Crippen LogP contribution in [0.1, 0.15) is 80.1 Å². The summed E-state index contributed by atoms with van der Waals surface area (Å²) >= 11 is 0. The van der Waals surface area contributed by atoms with E-state index < -0.39 is 0 Å². The Morgan fingerprint density at radius 1 is 0.769 bits per heavy atom. The smallest absolute Gasteiger partial charge is 0.0383 e. The van der Waals surface area contributed by atoms with Crippen molar-refractivity contribution < 1.29 is 0 Å². The predicted octanol–water partition coefficient (Wildman–Crippen LogP) is 5.42. The van der Waals surface area contributed by atoms with Gasteiger partial charge in [0.05, 0.1) is 0 Å². The first-order chi connectivity index (χ1) is 5.56. The molecule has 0 aliphatic heterocycles. The summed E-state index contributed by atoms with van der Waals surface area (Å²) in [5.41, 5.74) is 0.546. The van der Waals surface area contributed by atoms with E-state index in [2.05, 4.69) is 27.7 Å². The molecule has 0 amide bonds. The van der Waals surface area contributed by atoms with Gasteiger partial charge in [-0.25, -0.2) is 0 Å². The summed E-state index contributed by atoms with van der Waals surface area (Å²) in [6.45, 7) is 9.27. The van der Waals surface area contributed by atoms with E-state index in [1.54, 1.807) is 0 Å². The predicted molar refractivity (Wildman–Crippen MR) is 64.2 cm³/mol. The minimum atomic E-state index is 0. The molecule has 0 N–H and O–H groups in total. The summed E-state index contributed by atoms with van der Waals surface area (Å²) in [5, 5.41) is 0. The van der Waals surface area contributed by atoms with Crippen molar-refractivity contribution in [3.05, 3.63) is 0 Å². The summed E-state index contributed by atoms with van der Waals surface area (Å²) in [6.07, 6.45) is 9.93. The zero-order valence-corrected chi connectivity index (χ0v) is 9.45. The molecule has 0 aromatic heterocycles. The Bertz CT molecular complexity index is 86.7. The molecule has 0 rings (SSSR count). The number of unbranched alkanes of at least 4 members (excludes halogenated alkanes) is 5. The maximum absolute atomic E-state index is 2.33. The monoisotopic (exact) mass is 186 g/mol. The minimum absolute atomic E-state index is 0. The Balaban J connectivity index is 0. The van der Waals surface area contributed by atoms with Gasteiger partial charge in [-0.2, -0.15) is 0 Å². The molecule has 0 radical (unpaired) electrons. The van der Waals surface area contributed by atoms with Crippen LogP contribution in [0.5, 0.6) is 0 Å². The fourth-order valence-electron chi connectivity index (χ4n) is 1.44. The lowest BCUT2D eigenvalue weighted by atomic mass is 9.89. The van der Waals surface area contributed by atoms with Crippen LogP contribution in [0.15, 0.2) is 0 Å². The van der Waals surface area contributed by atoms with E-state index in [-0.39, 0.29) is 7.43 Å². The molecule has 0 saturated carbocycles. The minimum Gasteiger partial charge on any atom is -0.0776 e. The molecular formula is C13H30. The van der Waals surface area contributed by atoms with Gasteiger partial charge in [0.1, 0.15) is 0 Å². The average molecular weight is 186 g/mol. The molecule has 0 atom stereocenters. The van der Waals surface area contributed by atoms with Crippen LogP contribution in [-0.2, 0) is 0 Å². The van der Waals surface area contributed by atoms with E-state index in [1.165, 1.54) is 44.9 Å². The molecule has 0 bridgehead atoms. The third-order valence-electron chi connectivity index (χ3n) is 2.28. The van der Waals surface area contributed by atoms with Gasteiger partial charge in [0.15, 0.2) is 0 Å². The highest BCUT2D eigenvalue weighted by Gasteiger charge is 2.08. The van der Waals surface area contributed by atoms with Crippen LogP contribution in [0, 0.1) is 5.41 Å². The third-order valence-corrected chi connectivity index (χ3v) is 2.28. The van der Waals surface area contributed by atoms with Gasteiger partial charge < -0.3 is 0 Å². The molecule has 82 valence electrons. The maximum atomic E-state index is 2.33. The van der Waals surface area contributed by atoms with Crippen molar-refractivity contribution in [1.82, 2.24) is 0 Å². The van der Waals surface area contributed by atoms with Crippen molar-refractivity contribution in [2.24, 2.45) is 5.41 Å². The van der Waals surface area contributed by atoms with Crippen LogP contribution in [-0.4, -0.2) is 0 Å². The van der Waals surface area contributed by atoms with Crippen LogP contribution >= 0.6 is 0 Å². The molecule has 0 aliphatic carbocycles. The molecule has 0 heteroatoms. The molecule has 0 aliphatic rings. The summed E-state index contributed by atoms with van der Waals surface area (Å²) in [4.78, 5) is 0. The lowest BCUT2D eigenvalue weighted by Crippen LogP contribution is -2.03. The summed E-state index contributed by atoms with van der Waals surface area (Å²) in [5.74, 6) is 0. The second-order valence-electron chi connectivity index (χ2n) is 5.08. The number of hydrogen-bond acceptors (Lipinski definition) is 0. The molecule has 0 saturated heterocycles. The van der Waals surface area contributed by atoms with Crippen LogP contribution < -0.4 is 0 Å². The van der Waals surface area contributed by atoms with Crippen molar-refractivity contribution >= 4 is 0 Å². The Morgan fingerprint density at radius 3 is 1.69 bits per heavy atom. The Kier molecular flexibility index (Phi) is 10.2. The van der Waals surface area contributed by atoms with Gasteiger partial charge in [-0.1, -0.05) is 73.6 Å². The molecule has 0 aromatic carbocycles. The fourth-order valence-corrected chi connectivity index (χ4v) is 1.44. The van der Waals surface area contributed by atoms with Gasteiger partial charge in [0.25, 0.3) is 0 Å². The van der Waals surface area contributed by atoms with Gasteiger partial charge in [-0.05, 0) is 11.8 Å². The van der Waals surface area contributed by atoms with E-state index >= 15 is 0 Å². The van der Waals surface area contributed by atoms with E-state index in [4.69, 9.17) is 0 Å². The van der Waals surface area contributed by atoms with Gasteiger partial charge in [0, 0.05) is 0 Å². The largest absolute Gasteiger partial charge is 0.0776 e. The number of hydrogen-bond donors (Lipinski definition) is 0. The molecule has 0 fully saturated rings. The van der Waals surface area contributed by atoms with Crippen LogP contribution in [0.4, 0.5) is 0 Å². The lowest BCUT2D eigenvalue weighted by molar-refractivity contribution is 0.356. The summed E-state index contributed by atoms with van der Waals surface area (Å²) < 4.78 is 0. The third kappa shape index (κ3) is 14.8. The second-order valence-corrected chi connectivity index (χ2v) is 5.08. The lowest BCUT2D eigenvalue weighted by Gasteiger charge is -2.17. The van der Waals surface area contributed by atoms with Crippen molar-refractivity contribution in [3.8, 4) is 0 Å². The first-order valence-electron chi connectivity index (χ1n) is 5.56. The maximum Gasteiger partial charge on any atom is -0.0383 e. The zero-order chi connectivity index (χ0) is 9.45. The molecular weight excluding hydrogens is 156 g/mol.